The minimum absolute atomic E-state index is 0.387. The van der Waals surface area contributed by atoms with Crippen LogP contribution in [0.3, 0.4) is 0 Å². The first-order chi connectivity index (χ1) is 8.08. The molecule has 0 atom stereocenters. The Labute approximate surface area is 104 Å². The molecular formula is C11H13N3O2S. The molecule has 2 N–H and O–H groups in total. The second-order valence-electron chi connectivity index (χ2n) is 3.51. The summed E-state index contributed by atoms with van der Waals surface area (Å²) in [5.41, 5.74) is 6.57. The average Bonchev–Trinajstić information content (AvgIpc) is 2.27. The van der Waals surface area contributed by atoms with Crippen molar-refractivity contribution in [2.24, 2.45) is 0 Å². The molecule has 0 spiro atoms. The molecule has 1 heterocycles. The number of rotatable bonds is 2. The molecule has 2 aromatic rings. The maximum atomic E-state index is 5.88. The SMILES string of the molecule is COc1cc2nc(C)nc(N)c2c(S)c1OC. The molecule has 2 rings (SSSR count). The minimum Gasteiger partial charge on any atom is -0.493 e. The van der Waals surface area contributed by atoms with Gasteiger partial charge in [0.25, 0.3) is 0 Å². The van der Waals surface area contributed by atoms with Gasteiger partial charge >= 0.3 is 0 Å². The van der Waals surface area contributed by atoms with E-state index in [2.05, 4.69) is 22.6 Å². The molecule has 1 aromatic carbocycles. The van der Waals surface area contributed by atoms with Gasteiger partial charge in [-0.3, -0.25) is 0 Å². The van der Waals surface area contributed by atoms with Crippen molar-refractivity contribution in [3.05, 3.63) is 11.9 Å². The van der Waals surface area contributed by atoms with E-state index in [0.717, 1.165) is 0 Å². The van der Waals surface area contributed by atoms with E-state index < -0.39 is 0 Å². The number of aromatic nitrogens is 2. The number of hydrogen-bond acceptors (Lipinski definition) is 6. The quantitative estimate of drug-likeness (QED) is 0.797. The van der Waals surface area contributed by atoms with Gasteiger partial charge in [0.15, 0.2) is 11.5 Å². The Morgan fingerprint density at radius 1 is 1.24 bits per heavy atom. The number of anilines is 1. The summed E-state index contributed by atoms with van der Waals surface area (Å²) in [5.74, 6) is 2.10. The van der Waals surface area contributed by atoms with E-state index in [1.165, 1.54) is 0 Å². The Kier molecular flexibility index (Phi) is 2.97. The third kappa shape index (κ3) is 1.84. The Morgan fingerprint density at radius 2 is 1.94 bits per heavy atom. The van der Waals surface area contributed by atoms with E-state index in [-0.39, 0.29) is 0 Å². The van der Waals surface area contributed by atoms with Gasteiger partial charge in [-0.05, 0) is 6.92 Å². The molecule has 0 radical (unpaired) electrons. The zero-order chi connectivity index (χ0) is 12.6. The predicted molar refractivity (Wildman–Crippen MR) is 69.0 cm³/mol. The van der Waals surface area contributed by atoms with Crippen LogP contribution in [0.2, 0.25) is 0 Å². The number of aryl methyl sites for hydroxylation is 1. The number of hydrogen-bond donors (Lipinski definition) is 2. The Hall–Kier alpha value is -1.69. The summed E-state index contributed by atoms with van der Waals surface area (Å²) in [6, 6.07) is 1.76. The zero-order valence-corrected chi connectivity index (χ0v) is 10.7. The molecule has 0 aliphatic carbocycles. The number of thiol groups is 1. The number of ether oxygens (including phenoxy) is 2. The van der Waals surface area contributed by atoms with Crippen LogP contribution in [0, 0.1) is 6.92 Å². The van der Waals surface area contributed by atoms with Crippen LogP contribution in [0.15, 0.2) is 11.0 Å². The number of nitrogens with zero attached hydrogens (tertiary/aromatic N) is 2. The Bertz CT molecular complexity index is 587. The fourth-order valence-corrected chi connectivity index (χ4v) is 2.16. The summed E-state index contributed by atoms with van der Waals surface area (Å²) in [6.07, 6.45) is 0. The summed E-state index contributed by atoms with van der Waals surface area (Å²) in [4.78, 5) is 9.00. The maximum absolute atomic E-state index is 5.88. The van der Waals surface area contributed by atoms with Crippen molar-refractivity contribution in [3.63, 3.8) is 0 Å². The third-order valence-electron chi connectivity index (χ3n) is 2.44. The van der Waals surface area contributed by atoms with Crippen molar-refractivity contribution in [3.8, 4) is 11.5 Å². The summed E-state index contributed by atoms with van der Waals surface area (Å²) >= 11 is 4.41. The second-order valence-corrected chi connectivity index (χ2v) is 3.96. The lowest BCUT2D eigenvalue weighted by molar-refractivity contribution is 0.349. The minimum atomic E-state index is 0.387. The van der Waals surface area contributed by atoms with E-state index in [0.29, 0.717) is 38.9 Å². The fraction of sp³-hybridized carbons (Fsp3) is 0.273. The lowest BCUT2D eigenvalue weighted by atomic mass is 10.2. The second kappa shape index (κ2) is 4.29. The number of nitrogen functional groups attached to an aromatic ring is 1. The fourth-order valence-electron chi connectivity index (χ4n) is 1.73. The molecule has 0 fully saturated rings. The lowest BCUT2D eigenvalue weighted by Gasteiger charge is -2.13. The third-order valence-corrected chi connectivity index (χ3v) is 2.87. The van der Waals surface area contributed by atoms with Crippen molar-refractivity contribution in [1.29, 1.82) is 0 Å². The summed E-state index contributed by atoms with van der Waals surface area (Å²) in [5, 5.41) is 0.677. The first kappa shape index (κ1) is 11.8. The van der Waals surface area contributed by atoms with Crippen LogP contribution < -0.4 is 15.2 Å². The van der Waals surface area contributed by atoms with Gasteiger partial charge in [-0.25, -0.2) is 9.97 Å². The Balaban J connectivity index is 2.90. The van der Waals surface area contributed by atoms with Crippen LogP contribution in [0.5, 0.6) is 11.5 Å². The normalized spacial score (nSPS) is 10.6. The molecule has 5 nitrogen and oxygen atoms in total. The Morgan fingerprint density at radius 3 is 2.53 bits per heavy atom. The van der Waals surface area contributed by atoms with Gasteiger partial charge in [0.2, 0.25) is 0 Å². The van der Waals surface area contributed by atoms with Gasteiger partial charge in [0.1, 0.15) is 11.6 Å². The van der Waals surface area contributed by atoms with Crippen LogP contribution >= 0.6 is 12.6 Å². The van der Waals surface area contributed by atoms with E-state index >= 15 is 0 Å². The van der Waals surface area contributed by atoms with Crippen molar-refractivity contribution in [2.75, 3.05) is 20.0 Å². The van der Waals surface area contributed by atoms with Gasteiger partial charge in [-0.2, -0.15) is 0 Å². The molecule has 0 saturated carbocycles. The maximum Gasteiger partial charge on any atom is 0.174 e. The molecular weight excluding hydrogens is 238 g/mol. The van der Waals surface area contributed by atoms with Crippen LogP contribution in [-0.2, 0) is 0 Å². The monoisotopic (exact) mass is 251 g/mol. The average molecular weight is 251 g/mol. The topological polar surface area (TPSA) is 70.3 Å². The highest BCUT2D eigenvalue weighted by atomic mass is 32.1. The van der Waals surface area contributed by atoms with Crippen molar-refractivity contribution >= 4 is 29.3 Å². The van der Waals surface area contributed by atoms with Gasteiger partial charge in [-0.15, -0.1) is 12.6 Å². The molecule has 0 saturated heterocycles. The number of benzene rings is 1. The molecule has 90 valence electrons. The van der Waals surface area contributed by atoms with Crippen LogP contribution in [0.4, 0.5) is 5.82 Å². The lowest BCUT2D eigenvalue weighted by Crippen LogP contribution is -2.00. The van der Waals surface area contributed by atoms with E-state index in [1.54, 1.807) is 27.2 Å². The standard InChI is InChI=1S/C11H13N3O2S/c1-5-13-6-4-7(15-2)9(16-3)10(17)8(6)11(12)14-5/h4,17H,1-3H3,(H2,12,13,14). The van der Waals surface area contributed by atoms with Crippen molar-refractivity contribution < 1.29 is 9.47 Å². The summed E-state index contributed by atoms with van der Waals surface area (Å²) < 4.78 is 10.5. The number of fused-ring (bicyclic) bond motifs is 1. The predicted octanol–water partition coefficient (Wildman–Crippen LogP) is 1.83. The largest absolute Gasteiger partial charge is 0.493 e. The number of methoxy groups -OCH3 is 2. The van der Waals surface area contributed by atoms with Crippen LogP contribution in [-0.4, -0.2) is 24.2 Å². The van der Waals surface area contributed by atoms with Gasteiger partial charge in [-0.1, -0.05) is 0 Å². The van der Waals surface area contributed by atoms with E-state index in [9.17, 15) is 0 Å². The zero-order valence-electron chi connectivity index (χ0n) is 9.81. The highest BCUT2D eigenvalue weighted by Gasteiger charge is 2.16. The highest BCUT2D eigenvalue weighted by Crippen LogP contribution is 2.40. The molecule has 0 unspecified atom stereocenters. The van der Waals surface area contributed by atoms with Crippen LogP contribution in [0.1, 0.15) is 5.82 Å². The van der Waals surface area contributed by atoms with E-state index in [4.69, 9.17) is 15.2 Å². The molecule has 17 heavy (non-hydrogen) atoms. The highest BCUT2D eigenvalue weighted by molar-refractivity contribution is 7.80. The van der Waals surface area contributed by atoms with Gasteiger partial charge < -0.3 is 15.2 Å². The smallest absolute Gasteiger partial charge is 0.174 e. The first-order valence-electron chi connectivity index (χ1n) is 4.96. The first-order valence-corrected chi connectivity index (χ1v) is 5.41. The van der Waals surface area contributed by atoms with Gasteiger partial charge in [0, 0.05) is 6.07 Å². The molecule has 0 amide bonds. The molecule has 0 bridgehead atoms. The molecule has 0 aliphatic heterocycles. The number of nitrogens with two attached hydrogens (primary N) is 1. The van der Waals surface area contributed by atoms with Crippen molar-refractivity contribution in [2.45, 2.75) is 11.8 Å². The van der Waals surface area contributed by atoms with Crippen molar-refractivity contribution in [1.82, 2.24) is 9.97 Å². The molecule has 6 heteroatoms. The van der Waals surface area contributed by atoms with Crippen LogP contribution in [0.25, 0.3) is 10.9 Å². The summed E-state index contributed by atoms with van der Waals surface area (Å²) in [7, 11) is 3.11. The van der Waals surface area contributed by atoms with Gasteiger partial charge in [0.05, 0.1) is 30.0 Å². The molecule has 0 aliphatic rings. The van der Waals surface area contributed by atoms with E-state index in [1.807, 2.05) is 0 Å². The summed E-state index contributed by atoms with van der Waals surface area (Å²) in [6.45, 7) is 1.78. The molecule has 1 aromatic heterocycles.